The van der Waals surface area contributed by atoms with Gasteiger partial charge in [0.1, 0.15) is 10.4 Å². The summed E-state index contributed by atoms with van der Waals surface area (Å²) >= 11 is 1.18. The fraction of sp³-hybridized carbons (Fsp3) is 0.500. The number of hydrogen-bond acceptors (Lipinski definition) is 5. The summed E-state index contributed by atoms with van der Waals surface area (Å²) in [5.41, 5.74) is 0.325. The van der Waals surface area contributed by atoms with E-state index in [9.17, 15) is 14.7 Å². The Balaban J connectivity index is 2.13. The first kappa shape index (κ1) is 12.0. The molecule has 1 fully saturated rings. The molecule has 0 unspecified atom stereocenters. The second-order valence-electron chi connectivity index (χ2n) is 3.82. The highest BCUT2D eigenvalue weighted by molar-refractivity contribution is 7.11. The molecular weight excluding hydrogens is 244 g/mol. The number of nitrogens with one attached hydrogen (secondary N) is 1. The fourth-order valence-electron chi connectivity index (χ4n) is 1.72. The van der Waals surface area contributed by atoms with Crippen molar-refractivity contribution in [1.82, 2.24) is 10.3 Å². The van der Waals surface area contributed by atoms with Crippen LogP contribution in [-0.2, 0) is 9.53 Å². The second-order valence-corrected chi connectivity index (χ2v) is 4.71. The van der Waals surface area contributed by atoms with Crippen LogP contribution in [0.1, 0.15) is 22.5 Å². The molecule has 1 saturated heterocycles. The largest absolute Gasteiger partial charge is 0.480 e. The van der Waals surface area contributed by atoms with Crippen LogP contribution in [0.2, 0.25) is 0 Å². The molecule has 2 heterocycles. The minimum Gasteiger partial charge on any atom is -0.480 e. The number of hydrogen-bond donors (Lipinski definition) is 2. The van der Waals surface area contributed by atoms with E-state index in [2.05, 4.69) is 10.3 Å². The first-order chi connectivity index (χ1) is 8.14. The van der Waals surface area contributed by atoms with Gasteiger partial charge in [-0.05, 0) is 0 Å². The van der Waals surface area contributed by atoms with E-state index < -0.39 is 17.4 Å². The van der Waals surface area contributed by atoms with Crippen LogP contribution in [0.5, 0.6) is 0 Å². The molecule has 1 aliphatic heterocycles. The Hall–Kier alpha value is -1.47. The average Bonchev–Trinajstić information content (AvgIpc) is 2.83. The van der Waals surface area contributed by atoms with Crippen LogP contribution in [0, 0.1) is 0 Å². The summed E-state index contributed by atoms with van der Waals surface area (Å²) in [7, 11) is 0. The highest BCUT2D eigenvalue weighted by atomic mass is 32.1. The average molecular weight is 256 g/mol. The van der Waals surface area contributed by atoms with Crippen molar-refractivity contribution in [3.05, 3.63) is 16.6 Å². The molecule has 92 valence electrons. The minimum absolute atomic E-state index is 0.285. The van der Waals surface area contributed by atoms with Gasteiger partial charge in [0, 0.05) is 26.1 Å². The van der Waals surface area contributed by atoms with Crippen LogP contribution in [-0.4, -0.2) is 40.7 Å². The van der Waals surface area contributed by atoms with Crippen molar-refractivity contribution >= 4 is 23.2 Å². The van der Waals surface area contributed by atoms with Gasteiger partial charge in [0.15, 0.2) is 0 Å². The van der Waals surface area contributed by atoms with E-state index in [0.29, 0.717) is 18.1 Å². The normalized spacial score (nSPS) is 18.6. The maximum Gasteiger partial charge on any atom is 0.329 e. The van der Waals surface area contributed by atoms with Gasteiger partial charge in [0.2, 0.25) is 0 Å². The Labute approximate surface area is 102 Å². The molecule has 1 aliphatic rings. The van der Waals surface area contributed by atoms with Gasteiger partial charge in [0.05, 0.1) is 11.7 Å². The number of carbonyl (C=O) groups excluding carboxylic acids is 1. The number of rotatable bonds is 3. The molecule has 0 bridgehead atoms. The number of aliphatic carboxylic acids is 1. The molecule has 0 saturated carbocycles. The second kappa shape index (κ2) is 4.80. The Kier molecular flexibility index (Phi) is 3.39. The number of nitrogens with zero attached hydrogens (tertiary/aromatic N) is 1. The number of carboxylic acid groups (broad SMARTS) is 1. The number of carboxylic acids is 1. The van der Waals surface area contributed by atoms with Gasteiger partial charge in [-0.3, -0.25) is 9.78 Å². The Bertz CT molecular complexity index is 412. The van der Waals surface area contributed by atoms with E-state index in [1.165, 1.54) is 23.0 Å². The molecule has 6 nitrogen and oxygen atoms in total. The minimum atomic E-state index is -1.21. The fourth-order valence-corrected chi connectivity index (χ4v) is 2.23. The lowest BCUT2D eigenvalue weighted by atomic mass is 9.90. The molecule has 2 N–H and O–H groups in total. The van der Waals surface area contributed by atoms with Crippen LogP contribution in [0.25, 0.3) is 0 Å². The molecule has 1 aromatic heterocycles. The van der Waals surface area contributed by atoms with Gasteiger partial charge in [-0.2, -0.15) is 0 Å². The molecular formula is C10H12N2O4S. The van der Waals surface area contributed by atoms with E-state index in [-0.39, 0.29) is 12.8 Å². The predicted octanol–water partition coefficient (Wildman–Crippen LogP) is 0.507. The summed E-state index contributed by atoms with van der Waals surface area (Å²) in [4.78, 5) is 27.3. The van der Waals surface area contributed by atoms with Gasteiger partial charge in [-0.1, -0.05) is 0 Å². The van der Waals surface area contributed by atoms with Gasteiger partial charge < -0.3 is 15.2 Å². The van der Waals surface area contributed by atoms with E-state index in [0.717, 1.165) is 0 Å². The molecule has 7 heteroatoms. The Morgan fingerprint density at radius 3 is 2.71 bits per heavy atom. The molecule has 1 amide bonds. The highest BCUT2D eigenvalue weighted by Crippen LogP contribution is 2.22. The zero-order valence-corrected chi connectivity index (χ0v) is 9.83. The SMILES string of the molecule is O=C(NC1(C(=O)O)CCOCC1)c1cncs1. The molecule has 17 heavy (non-hydrogen) atoms. The molecule has 0 aromatic carbocycles. The van der Waals surface area contributed by atoms with Crippen molar-refractivity contribution in [1.29, 1.82) is 0 Å². The third-order valence-electron chi connectivity index (χ3n) is 2.76. The van der Waals surface area contributed by atoms with Crippen molar-refractivity contribution in [2.45, 2.75) is 18.4 Å². The first-order valence-corrected chi connectivity index (χ1v) is 6.04. The molecule has 0 spiro atoms. The number of aromatic nitrogens is 1. The summed E-state index contributed by atoms with van der Waals surface area (Å²) in [5.74, 6) is -1.41. The zero-order chi connectivity index (χ0) is 12.3. The molecule has 0 atom stereocenters. The van der Waals surface area contributed by atoms with Crippen molar-refractivity contribution in [2.75, 3.05) is 13.2 Å². The van der Waals surface area contributed by atoms with Crippen LogP contribution >= 0.6 is 11.3 Å². The van der Waals surface area contributed by atoms with Crippen molar-refractivity contribution < 1.29 is 19.4 Å². The highest BCUT2D eigenvalue weighted by Gasteiger charge is 2.41. The quantitative estimate of drug-likeness (QED) is 0.822. The molecule has 0 radical (unpaired) electrons. The number of carbonyl (C=O) groups is 2. The lowest BCUT2D eigenvalue weighted by molar-refractivity contribution is -0.148. The number of thiazole rings is 1. The van der Waals surface area contributed by atoms with Crippen molar-refractivity contribution in [3.63, 3.8) is 0 Å². The zero-order valence-electron chi connectivity index (χ0n) is 9.01. The summed E-state index contributed by atoms with van der Waals surface area (Å²) in [6.07, 6.45) is 1.99. The smallest absolute Gasteiger partial charge is 0.329 e. The summed E-state index contributed by atoms with van der Waals surface area (Å²) in [6.45, 7) is 0.685. The van der Waals surface area contributed by atoms with Crippen LogP contribution in [0.3, 0.4) is 0 Å². The third-order valence-corrected chi connectivity index (χ3v) is 3.54. The number of ether oxygens (including phenoxy) is 1. The first-order valence-electron chi connectivity index (χ1n) is 5.16. The summed E-state index contributed by atoms with van der Waals surface area (Å²) < 4.78 is 5.12. The van der Waals surface area contributed by atoms with Crippen LogP contribution < -0.4 is 5.32 Å². The lowest BCUT2D eigenvalue weighted by Crippen LogP contribution is -2.57. The third kappa shape index (κ3) is 2.45. The van der Waals surface area contributed by atoms with E-state index >= 15 is 0 Å². The maximum atomic E-state index is 11.8. The van der Waals surface area contributed by atoms with Crippen LogP contribution in [0.15, 0.2) is 11.7 Å². The molecule has 0 aliphatic carbocycles. The molecule has 2 rings (SSSR count). The topological polar surface area (TPSA) is 88.5 Å². The van der Waals surface area contributed by atoms with Crippen molar-refractivity contribution in [2.24, 2.45) is 0 Å². The lowest BCUT2D eigenvalue weighted by Gasteiger charge is -2.33. The Morgan fingerprint density at radius 2 is 2.18 bits per heavy atom. The van der Waals surface area contributed by atoms with Gasteiger partial charge in [-0.25, -0.2) is 4.79 Å². The van der Waals surface area contributed by atoms with Gasteiger partial charge in [-0.15, -0.1) is 11.3 Å². The van der Waals surface area contributed by atoms with Crippen molar-refractivity contribution in [3.8, 4) is 0 Å². The van der Waals surface area contributed by atoms with E-state index in [1.54, 1.807) is 0 Å². The molecule has 1 aromatic rings. The standard InChI is InChI=1S/C10H12N2O4S/c13-8(7-5-11-6-17-7)12-10(9(14)15)1-3-16-4-2-10/h5-6H,1-4H2,(H,12,13)(H,14,15). The van der Waals surface area contributed by atoms with E-state index in [1.807, 2.05) is 0 Å². The Morgan fingerprint density at radius 1 is 1.47 bits per heavy atom. The summed E-state index contributed by atoms with van der Waals surface area (Å²) in [5, 5.41) is 11.8. The summed E-state index contributed by atoms with van der Waals surface area (Å²) in [6, 6.07) is 0. The van der Waals surface area contributed by atoms with Crippen LogP contribution in [0.4, 0.5) is 0 Å². The number of amides is 1. The predicted molar refractivity (Wildman–Crippen MR) is 60.0 cm³/mol. The van der Waals surface area contributed by atoms with Gasteiger partial charge in [0.25, 0.3) is 5.91 Å². The maximum absolute atomic E-state index is 11.8. The van der Waals surface area contributed by atoms with Gasteiger partial charge >= 0.3 is 5.97 Å². The monoisotopic (exact) mass is 256 g/mol. The van der Waals surface area contributed by atoms with E-state index in [4.69, 9.17) is 4.74 Å².